The Morgan fingerprint density at radius 3 is 2.69 bits per heavy atom. The Labute approximate surface area is 159 Å². The van der Waals surface area contributed by atoms with Crippen LogP contribution in [0.4, 0.5) is 10.1 Å². The van der Waals surface area contributed by atoms with Crippen LogP contribution in [0.2, 0.25) is 5.02 Å². The minimum absolute atomic E-state index is 0.295. The molecule has 4 nitrogen and oxygen atoms in total. The summed E-state index contributed by atoms with van der Waals surface area (Å²) in [7, 11) is 0. The van der Waals surface area contributed by atoms with E-state index in [1.54, 1.807) is 37.3 Å². The highest BCUT2D eigenvalue weighted by Crippen LogP contribution is 2.34. The number of nitrogens with zero attached hydrogens (tertiary/aromatic N) is 1. The molecule has 1 heterocycles. The van der Waals surface area contributed by atoms with Gasteiger partial charge in [-0.05, 0) is 50.2 Å². The van der Waals surface area contributed by atoms with Crippen LogP contribution in [-0.2, 0) is 0 Å². The number of nitrogens with one attached hydrogen (secondary N) is 1. The fraction of sp³-hybridized carbons (Fsp3) is 0.158. The van der Waals surface area contributed by atoms with Crippen molar-refractivity contribution in [2.45, 2.75) is 13.8 Å². The van der Waals surface area contributed by atoms with Crippen LogP contribution in [0, 0.1) is 12.7 Å². The summed E-state index contributed by atoms with van der Waals surface area (Å²) in [5, 5.41) is 3.91. The van der Waals surface area contributed by atoms with Crippen molar-refractivity contribution in [1.82, 2.24) is 4.98 Å². The van der Waals surface area contributed by atoms with Gasteiger partial charge in [0.2, 0.25) is 0 Å². The van der Waals surface area contributed by atoms with E-state index in [0.29, 0.717) is 38.6 Å². The maximum atomic E-state index is 13.1. The fourth-order valence-corrected chi connectivity index (χ4v) is 3.60. The van der Waals surface area contributed by atoms with E-state index in [1.165, 1.54) is 23.5 Å². The summed E-state index contributed by atoms with van der Waals surface area (Å²) >= 11 is 7.40. The number of carbonyl (C=O) groups excluding carboxylic acids is 1. The first-order valence-corrected chi connectivity index (χ1v) is 9.15. The van der Waals surface area contributed by atoms with E-state index in [-0.39, 0.29) is 11.7 Å². The molecule has 0 aliphatic carbocycles. The van der Waals surface area contributed by atoms with Crippen molar-refractivity contribution in [2.24, 2.45) is 0 Å². The molecule has 134 valence electrons. The van der Waals surface area contributed by atoms with E-state index in [0.717, 1.165) is 5.56 Å². The highest BCUT2D eigenvalue weighted by atomic mass is 35.5. The van der Waals surface area contributed by atoms with E-state index in [4.69, 9.17) is 16.3 Å². The van der Waals surface area contributed by atoms with Crippen LogP contribution >= 0.6 is 22.9 Å². The molecule has 3 aromatic rings. The van der Waals surface area contributed by atoms with E-state index < -0.39 is 0 Å². The van der Waals surface area contributed by atoms with Gasteiger partial charge < -0.3 is 10.1 Å². The van der Waals surface area contributed by atoms with E-state index >= 15 is 0 Å². The normalized spacial score (nSPS) is 10.6. The van der Waals surface area contributed by atoms with Gasteiger partial charge in [-0.2, -0.15) is 0 Å². The molecule has 0 fully saturated rings. The average Bonchev–Trinajstić information content (AvgIpc) is 3.00. The molecule has 2 aromatic carbocycles. The summed E-state index contributed by atoms with van der Waals surface area (Å²) in [6, 6.07) is 11.2. The first-order chi connectivity index (χ1) is 12.5. The van der Waals surface area contributed by atoms with Crippen LogP contribution in [0.1, 0.15) is 22.3 Å². The maximum absolute atomic E-state index is 13.1. The van der Waals surface area contributed by atoms with Crippen LogP contribution in [-0.4, -0.2) is 17.5 Å². The molecule has 0 unspecified atom stereocenters. The van der Waals surface area contributed by atoms with Crippen LogP contribution in [0.5, 0.6) is 5.75 Å². The summed E-state index contributed by atoms with van der Waals surface area (Å²) < 4.78 is 18.6. The van der Waals surface area contributed by atoms with Crippen LogP contribution in [0.15, 0.2) is 42.5 Å². The van der Waals surface area contributed by atoms with Gasteiger partial charge in [0.15, 0.2) is 5.75 Å². The SMILES string of the molecule is CCOc1c(Cl)cccc1NC(=O)c1sc(-c2ccc(F)cc2)nc1C. The topological polar surface area (TPSA) is 51.2 Å². The molecule has 0 radical (unpaired) electrons. The lowest BCUT2D eigenvalue weighted by molar-refractivity contribution is 0.102. The second-order valence-corrected chi connectivity index (χ2v) is 6.85. The second-order valence-electron chi connectivity index (χ2n) is 5.44. The monoisotopic (exact) mass is 390 g/mol. The van der Waals surface area contributed by atoms with Crippen LogP contribution in [0.3, 0.4) is 0 Å². The zero-order chi connectivity index (χ0) is 18.7. The number of thiazole rings is 1. The lowest BCUT2D eigenvalue weighted by Crippen LogP contribution is -2.12. The zero-order valence-electron chi connectivity index (χ0n) is 14.2. The Hall–Kier alpha value is -2.44. The van der Waals surface area contributed by atoms with Gasteiger partial charge in [0.25, 0.3) is 5.91 Å². The molecular weight excluding hydrogens is 375 g/mol. The predicted molar refractivity (Wildman–Crippen MR) is 103 cm³/mol. The number of anilines is 1. The molecule has 1 aromatic heterocycles. The van der Waals surface area contributed by atoms with Crippen LogP contribution < -0.4 is 10.1 Å². The molecule has 0 saturated carbocycles. The second kappa shape index (κ2) is 7.85. The van der Waals surface area contributed by atoms with E-state index in [9.17, 15) is 9.18 Å². The third-order valence-corrected chi connectivity index (χ3v) is 5.10. The highest BCUT2D eigenvalue weighted by molar-refractivity contribution is 7.17. The first-order valence-electron chi connectivity index (χ1n) is 7.95. The number of halogens is 2. The molecule has 26 heavy (non-hydrogen) atoms. The van der Waals surface area contributed by atoms with Gasteiger partial charge in [0, 0.05) is 5.56 Å². The summed E-state index contributed by atoms with van der Waals surface area (Å²) in [5.74, 6) is -0.174. The lowest BCUT2D eigenvalue weighted by Gasteiger charge is -2.12. The lowest BCUT2D eigenvalue weighted by atomic mass is 10.2. The highest BCUT2D eigenvalue weighted by Gasteiger charge is 2.18. The number of carbonyl (C=O) groups is 1. The molecule has 0 aliphatic rings. The summed E-state index contributed by atoms with van der Waals surface area (Å²) in [5.41, 5.74) is 1.86. The van der Waals surface area contributed by atoms with Crippen molar-refractivity contribution in [2.75, 3.05) is 11.9 Å². The Balaban J connectivity index is 1.87. The smallest absolute Gasteiger partial charge is 0.267 e. The van der Waals surface area contributed by atoms with Gasteiger partial charge in [-0.25, -0.2) is 9.37 Å². The molecule has 3 rings (SSSR count). The number of amides is 1. The number of para-hydroxylation sites is 1. The van der Waals surface area contributed by atoms with Crippen molar-refractivity contribution < 1.29 is 13.9 Å². The third kappa shape index (κ3) is 3.86. The van der Waals surface area contributed by atoms with Crippen molar-refractivity contribution in [3.05, 3.63) is 63.9 Å². The first kappa shape index (κ1) is 18.4. The molecule has 7 heteroatoms. The van der Waals surface area contributed by atoms with Crippen molar-refractivity contribution in [3.8, 4) is 16.3 Å². The minimum Gasteiger partial charge on any atom is -0.490 e. The Kier molecular flexibility index (Phi) is 5.54. The summed E-state index contributed by atoms with van der Waals surface area (Å²) in [4.78, 5) is 17.6. The Morgan fingerprint density at radius 2 is 2.00 bits per heavy atom. The fourth-order valence-electron chi connectivity index (χ4n) is 2.40. The summed E-state index contributed by atoms with van der Waals surface area (Å²) in [6.07, 6.45) is 0. The number of rotatable bonds is 5. The number of aryl methyl sites for hydroxylation is 1. The van der Waals surface area contributed by atoms with Gasteiger partial charge >= 0.3 is 0 Å². The molecule has 0 atom stereocenters. The molecule has 1 N–H and O–H groups in total. The number of hydrogen-bond donors (Lipinski definition) is 1. The van der Waals surface area contributed by atoms with Crippen LogP contribution in [0.25, 0.3) is 10.6 Å². The molecule has 0 spiro atoms. The predicted octanol–water partition coefficient (Wildman–Crippen LogP) is 5.56. The average molecular weight is 391 g/mol. The molecule has 0 saturated heterocycles. The quantitative estimate of drug-likeness (QED) is 0.620. The van der Waals surface area contributed by atoms with E-state index in [1.807, 2.05) is 6.92 Å². The molecule has 0 bridgehead atoms. The number of hydrogen-bond acceptors (Lipinski definition) is 4. The standard InChI is InChI=1S/C19H16ClFN2O2S/c1-3-25-16-14(20)5-4-6-15(16)23-18(24)17-11(2)22-19(26-17)12-7-9-13(21)10-8-12/h4-10H,3H2,1-2H3,(H,23,24). The molecule has 0 aliphatic heterocycles. The molecule has 1 amide bonds. The number of ether oxygens (including phenoxy) is 1. The number of aromatic nitrogens is 1. The van der Waals surface area contributed by atoms with E-state index in [2.05, 4.69) is 10.3 Å². The van der Waals surface area contributed by atoms with Crippen molar-refractivity contribution in [3.63, 3.8) is 0 Å². The zero-order valence-corrected chi connectivity index (χ0v) is 15.7. The largest absolute Gasteiger partial charge is 0.490 e. The van der Waals surface area contributed by atoms with Gasteiger partial charge in [0.05, 0.1) is 23.0 Å². The van der Waals surface area contributed by atoms with Gasteiger partial charge in [-0.3, -0.25) is 4.79 Å². The Morgan fingerprint density at radius 1 is 1.27 bits per heavy atom. The molecular formula is C19H16ClFN2O2S. The maximum Gasteiger partial charge on any atom is 0.267 e. The van der Waals surface area contributed by atoms with Gasteiger partial charge in [-0.1, -0.05) is 17.7 Å². The Bertz CT molecular complexity index is 941. The van der Waals surface area contributed by atoms with Gasteiger partial charge in [0.1, 0.15) is 15.7 Å². The van der Waals surface area contributed by atoms with Crippen molar-refractivity contribution in [1.29, 1.82) is 0 Å². The minimum atomic E-state index is -0.315. The van der Waals surface area contributed by atoms with Crippen molar-refractivity contribution >= 4 is 34.5 Å². The van der Waals surface area contributed by atoms with Gasteiger partial charge in [-0.15, -0.1) is 11.3 Å². The third-order valence-electron chi connectivity index (χ3n) is 3.60. The summed E-state index contributed by atoms with van der Waals surface area (Å²) in [6.45, 7) is 4.04. The number of benzene rings is 2.